The second kappa shape index (κ2) is 5.82. The van der Waals surface area contributed by atoms with Gasteiger partial charge < -0.3 is 10.6 Å². The van der Waals surface area contributed by atoms with Crippen LogP contribution in [0.15, 0.2) is 0 Å². The van der Waals surface area contributed by atoms with Gasteiger partial charge in [0.2, 0.25) is 5.91 Å². The van der Waals surface area contributed by atoms with Crippen LogP contribution in [0.3, 0.4) is 0 Å². The van der Waals surface area contributed by atoms with Gasteiger partial charge in [0.05, 0.1) is 6.04 Å². The van der Waals surface area contributed by atoms with Gasteiger partial charge in [0.15, 0.2) is 0 Å². The van der Waals surface area contributed by atoms with E-state index in [-0.39, 0.29) is 17.4 Å². The first-order valence-corrected chi connectivity index (χ1v) is 7.97. The minimum atomic E-state index is -0.364. The lowest BCUT2D eigenvalue weighted by Crippen LogP contribution is -2.53. The smallest absolute Gasteiger partial charge is 0.240 e. The highest BCUT2D eigenvalue weighted by Crippen LogP contribution is 2.35. The summed E-state index contributed by atoms with van der Waals surface area (Å²) in [6.45, 7) is 7.09. The third-order valence-corrected chi connectivity index (χ3v) is 4.98. The van der Waals surface area contributed by atoms with Gasteiger partial charge in [0, 0.05) is 12.6 Å². The molecular weight excluding hydrogens is 236 g/mol. The van der Waals surface area contributed by atoms with Gasteiger partial charge in [-0.05, 0) is 37.0 Å². The molecule has 2 fully saturated rings. The maximum Gasteiger partial charge on any atom is 0.240 e. The second-order valence-corrected chi connectivity index (χ2v) is 7.48. The van der Waals surface area contributed by atoms with Crippen molar-refractivity contribution in [2.75, 3.05) is 6.54 Å². The number of rotatable bonds is 2. The summed E-state index contributed by atoms with van der Waals surface area (Å²) in [6.07, 6.45) is 9.01. The number of nitrogens with zero attached hydrogens (tertiary/aromatic N) is 1. The van der Waals surface area contributed by atoms with Gasteiger partial charge in [-0.1, -0.05) is 40.0 Å². The Kier molecular flexibility index (Phi) is 4.54. The summed E-state index contributed by atoms with van der Waals surface area (Å²) < 4.78 is 0. The molecule has 2 rings (SSSR count). The molecule has 1 aliphatic carbocycles. The van der Waals surface area contributed by atoms with E-state index >= 15 is 0 Å². The molecule has 1 amide bonds. The van der Waals surface area contributed by atoms with Crippen LogP contribution in [0.4, 0.5) is 0 Å². The zero-order valence-electron chi connectivity index (χ0n) is 12.8. The molecule has 2 aliphatic rings. The zero-order chi connectivity index (χ0) is 14.0. The van der Waals surface area contributed by atoms with Crippen molar-refractivity contribution >= 4 is 5.91 Å². The third-order valence-electron chi connectivity index (χ3n) is 4.98. The SMILES string of the molecule is CC(C)(C)[C@H](N)C(=O)N1CCCC1C1CCCCC1. The molecule has 0 aromatic carbocycles. The molecule has 3 nitrogen and oxygen atoms in total. The summed E-state index contributed by atoms with van der Waals surface area (Å²) in [5.41, 5.74) is 6.03. The Balaban J connectivity index is 2.03. The lowest BCUT2D eigenvalue weighted by atomic mass is 9.82. The monoisotopic (exact) mass is 266 g/mol. The first-order valence-electron chi connectivity index (χ1n) is 7.97. The van der Waals surface area contributed by atoms with Gasteiger partial charge in [-0.25, -0.2) is 0 Å². The van der Waals surface area contributed by atoms with Crippen LogP contribution in [0.2, 0.25) is 0 Å². The lowest BCUT2D eigenvalue weighted by Gasteiger charge is -2.37. The van der Waals surface area contributed by atoms with E-state index in [2.05, 4.69) is 25.7 Å². The van der Waals surface area contributed by atoms with Gasteiger partial charge in [-0.15, -0.1) is 0 Å². The molecule has 2 N–H and O–H groups in total. The molecule has 1 saturated heterocycles. The van der Waals surface area contributed by atoms with Crippen LogP contribution < -0.4 is 5.73 Å². The average Bonchev–Trinajstić information content (AvgIpc) is 2.86. The van der Waals surface area contributed by atoms with Gasteiger partial charge >= 0.3 is 0 Å². The maximum absolute atomic E-state index is 12.6. The van der Waals surface area contributed by atoms with Crippen molar-refractivity contribution in [3.8, 4) is 0 Å². The Morgan fingerprint density at radius 1 is 1.11 bits per heavy atom. The normalized spacial score (nSPS) is 27.6. The summed E-state index contributed by atoms with van der Waals surface area (Å²) in [7, 11) is 0. The van der Waals surface area contributed by atoms with E-state index in [1.807, 2.05) is 0 Å². The molecule has 2 atom stereocenters. The number of hydrogen-bond donors (Lipinski definition) is 1. The van der Waals surface area contributed by atoms with E-state index in [1.54, 1.807) is 0 Å². The number of carbonyl (C=O) groups excluding carboxylic acids is 1. The van der Waals surface area contributed by atoms with E-state index in [0.29, 0.717) is 6.04 Å². The molecule has 3 heteroatoms. The highest BCUT2D eigenvalue weighted by Gasteiger charge is 2.39. The van der Waals surface area contributed by atoms with E-state index in [4.69, 9.17) is 5.73 Å². The minimum absolute atomic E-state index is 0.142. The molecule has 1 saturated carbocycles. The molecule has 0 spiro atoms. The lowest BCUT2D eigenvalue weighted by molar-refractivity contribution is -0.137. The van der Waals surface area contributed by atoms with Crippen LogP contribution in [-0.2, 0) is 4.79 Å². The Bertz CT molecular complexity index is 315. The molecular formula is C16H30N2O. The number of amides is 1. The van der Waals surface area contributed by atoms with Crippen LogP contribution in [0.5, 0.6) is 0 Å². The fourth-order valence-electron chi connectivity index (χ4n) is 3.62. The first-order chi connectivity index (χ1) is 8.91. The summed E-state index contributed by atoms with van der Waals surface area (Å²) >= 11 is 0. The van der Waals surface area contributed by atoms with Crippen LogP contribution in [0.1, 0.15) is 65.7 Å². The summed E-state index contributed by atoms with van der Waals surface area (Å²) in [4.78, 5) is 14.8. The largest absolute Gasteiger partial charge is 0.338 e. The van der Waals surface area contributed by atoms with Crippen LogP contribution >= 0.6 is 0 Å². The molecule has 1 heterocycles. The van der Waals surface area contributed by atoms with Gasteiger partial charge in [-0.2, -0.15) is 0 Å². The predicted octanol–water partition coefficient (Wildman–Crippen LogP) is 2.93. The maximum atomic E-state index is 12.6. The fraction of sp³-hybridized carbons (Fsp3) is 0.938. The van der Waals surface area contributed by atoms with Crippen molar-refractivity contribution in [3.05, 3.63) is 0 Å². The summed E-state index contributed by atoms with van der Waals surface area (Å²) in [6, 6.07) is 0.109. The Morgan fingerprint density at radius 3 is 2.32 bits per heavy atom. The highest BCUT2D eigenvalue weighted by atomic mass is 16.2. The highest BCUT2D eigenvalue weighted by molar-refractivity contribution is 5.83. The molecule has 0 aromatic rings. The van der Waals surface area contributed by atoms with Gasteiger partial charge in [-0.3, -0.25) is 4.79 Å². The van der Waals surface area contributed by atoms with Crippen LogP contribution in [0, 0.1) is 11.3 Å². The van der Waals surface area contributed by atoms with E-state index in [0.717, 1.165) is 18.9 Å². The standard InChI is InChI=1S/C16H30N2O/c1-16(2,3)14(17)15(19)18-11-7-10-13(18)12-8-5-4-6-9-12/h12-14H,4-11,17H2,1-3H3/t13?,14-/m1/s1. The zero-order valence-corrected chi connectivity index (χ0v) is 12.8. The van der Waals surface area contributed by atoms with Gasteiger partial charge in [0.25, 0.3) is 0 Å². The Hall–Kier alpha value is -0.570. The van der Waals surface area contributed by atoms with E-state index in [1.165, 1.54) is 38.5 Å². The van der Waals surface area contributed by atoms with Gasteiger partial charge in [0.1, 0.15) is 0 Å². The van der Waals surface area contributed by atoms with Crippen molar-refractivity contribution in [1.29, 1.82) is 0 Å². The fourth-order valence-corrected chi connectivity index (χ4v) is 3.62. The van der Waals surface area contributed by atoms with Crippen molar-refractivity contribution in [3.63, 3.8) is 0 Å². The third kappa shape index (κ3) is 3.31. The van der Waals surface area contributed by atoms with Crippen molar-refractivity contribution in [2.45, 2.75) is 77.8 Å². The second-order valence-electron chi connectivity index (χ2n) is 7.48. The average molecular weight is 266 g/mol. The predicted molar refractivity (Wildman–Crippen MR) is 78.7 cm³/mol. The molecule has 0 radical (unpaired) electrons. The molecule has 0 aromatic heterocycles. The van der Waals surface area contributed by atoms with Crippen molar-refractivity contribution in [2.24, 2.45) is 17.1 Å². The molecule has 1 unspecified atom stereocenters. The van der Waals surface area contributed by atoms with Crippen molar-refractivity contribution in [1.82, 2.24) is 4.90 Å². The number of nitrogens with two attached hydrogens (primary N) is 1. The Labute approximate surface area is 117 Å². The summed E-state index contributed by atoms with van der Waals surface area (Å²) in [5.74, 6) is 0.910. The minimum Gasteiger partial charge on any atom is -0.338 e. The molecule has 0 bridgehead atoms. The number of likely N-dealkylation sites (tertiary alicyclic amines) is 1. The quantitative estimate of drug-likeness (QED) is 0.835. The van der Waals surface area contributed by atoms with E-state index < -0.39 is 0 Å². The molecule has 1 aliphatic heterocycles. The first kappa shape index (κ1) is 14.8. The molecule has 19 heavy (non-hydrogen) atoms. The number of carbonyl (C=O) groups is 1. The van der Waals surface area contributed by atoms with Crippen LogP contribution in [-0.4, -0.2) is 29.4 Å². The van der Waals surface area contributed by atoms with Crippen LogP contribution in [0.25, 0.3) is 0 Å². The summed E-state index contributed by atoms with van der Waals surface area (Å²) in [5, 5.41) is 0. The van der Waals surface area contributed by atoms with Crippen molar-refractivity contribution < 1.29 is 4.79 Å². The topological polar surface area (TPSA) is 46.3 Å². The molecule has 110 valence electrons. The Morgan fingerprint density at radius 2 is 1.74 bits per heavy atom. The van der Waals surface area contributed by atoms with E-state index in [9.17, 15) is 4.79 Å². The number of hydrogen-bond acceptors (Lipinski definition) is 2.